The molecule has 1 aromatic carbocycles. The van der Waals surface area contributed by atoms with E-state index in [1.165, 1.54) is 0 Å². The number of H-pyrrole nitrogens is 1. The Morgan fingerprint density at radius 1 is 1.53 bits per heavy atom. The summed E-state index contributed by atoms with van der Waals surface area (Å²) >= 11 is 0. The van der Waals surface area contributed by atoms with Gasteiger partial charge in [-0.3, -0.25) is 4.79 Å². The molecule has 2 rings (SSSR count). The van der Waals surface area contributed by atoms with Crippen LogP contribution in [0.25, 0.3) is 27.6 Å². The van der Waals surface area contributed by atoms with E-state index in [0.717, 1.165) is 6.08 Å². The van der Waals surface area contributed by atoms with E-state index in [-0.39, 0.29) is 5.69 Å². The number of nitrogens with zero attached hydrogens (tertiary/aromatic N) is 4. The van der Waals surface area contributed by atoms with Crippen molar-refractivity contribution in [3.05, 3.63) is 56.6 Å². The van der Waals surface area contributed by atoms with Crippen LogP contribution in [0.4, 0.5) is 0 Å². The van der Waals surface area contributed by atoms with Gasteiger partial charge in [-0.05, 0) is 22.8 Å². The molecular formula is C10H7N5O2. The molecule has 0 aliphatic carbocycles. The zero-order chi connectivity index (χ0) is 12.3. The Labute approximate surface area is 94.7 Å². The molecule has 2 aromatic rings. The van der Waals surface area contributed by atoms with Crippen LogP contribution >= 0.6 is 0 Å². The van der Waals surface area contributed by atoms with Gasteiger partial charge in [0.1, 0.15) is 5.69 Å². The summed E-state index contributed by atoms with van der Waals surface area (Å²) in [7, 11) is 0. The number of fused-ring (bicyclic) bond motifs is 1. The van der Waals surface area contributed by atoms with E-state index in [4.69, 9.17) is 10.6 Å². The second-order valence-electron chi connectivity index (χ2n) is 3.16. The van der Waals surface area contributed by atoms with E-state index in [9.17, 15) is 4.79 Å². The van der Waals surface area contributed by atoms with Crippen molar-refractivity contribution in [3.63, 3.8) is 0 Å². The van der Waals surface area contributed by atoms with Crippen LogP contribution in [0.5, 0.6) is 0 Å². The molecule has 1 aromatic heterocycles. The zero-order valence-electron chi connectivity index (χ0n) is 8.53. The Hall–Kier alpha value is -2.79. The van der Waals surface area contributed by atoms with Crippen molar-refractivity contribution in [3.8, 4) is 0 Å². The summed E-state index contributed by atoms with van der Waals surface area (Å²) < 4.78 is 0. The Morgan fingerprint density at radius 3 is 3.06 bits per heavy atom. The molecule has 0 radical (unpaired) electrons. The Balaban J connectivity index is 2.63. The van der Waals surface area contributed by atoms with Crippen LogP contribution in [0.1, 0.15) is 5.69 Å². The fourth-order valence-corrected chi connectivity index (χ4v) is 1.34. The highest BCUT2D eigenvalue weighted by atomic mass is 16.3. The lowest BCUT2D eigenvalue weighted by Crippen LogP contribution is -2.11. The van der Waals surface area contributed by atoms with Gasteiger partial charge < -0.3 is 10.1 Å². The van der Waals surface area contributed by atoms with Gasteiger partial charge in [-0.2, -0.15) is 0 Å². The first-order chi connectivity index (χ1) is 8.20. The number of rotatable bonds is 2. The maximum atomic E-state index is 11.6. The predicted octanol–water partition coefficient (Wildman–Crippen LogP) is 2.09. The SMILES string of the molecule is [N-]=[N+]=N/C(O)=C/c1nc2ccccc2[nH]c1=O. The summed E-state index contributed by atoms with van der Waals surface area (Å²) in [6, 6.07) is 6.97. The number of aliphatic hydroxyl groups is 1. The molecule has 0 fully saturated rings. The summed E-state index contributed by atoms with van der Waals surface area (Å²) in [5.74, 6) is -0.610. The number of hydrogen-bond acceptors (Lipinski definition) is 4. The highest BCUT2D eigenvalue weighted by Gasteiger charge is 2.02. The standard InChI is InChI=1S/C10H7N5O2/c11-15-14-9(16)5-8-10(17)13-7-4-2-1-3-6(7)12-8/h1-5,16H,(H,13,17)/b9-5-. The predicted molar refractivity (Wildman–Crippen MR) is 62.1 cm³/mol. The Kier molecular flexibility index (Phi) is 2.76. The van der Waals surface area contributed by atoms with Gasteiger partial charge in [0.25, 0.3) is 5.56 Å². The van der Waals surface area contributed by atoms with Crippen LogP contribution in [0.15, 0.2) is 40.1 Å². The third-order valence-electron chi connectivity index (χ3n) is 2.04. The maximum absolute atomic E-state index is 11.6. The molecule has 0 spiro atoms. The fraction of sp³-hybridized carbons (Fsp3) is 0. The molecule has 0 atom stereocenters. The average molecular weight is 229 g/mol. The molecule has 2 N–H and O–H groups in total. The van der Waals surface area contributed by atoms with Crippen molar-refractivity contribution in [2.24, 2.45) is 5.11 Å². The third-order valence-corrected chi connectivity index (χ3v) is 2.04. The lowest BCUT2D eigenvalue weighted by atomic mass is 10.3. The minimum atomic E-state index is -0.610. The van der Waals surface area contributed by atoms with Crippen molar-refractivity contribution >= 4 is 17.1 Å². The summed E-state index contributed by atoms with van der Waals surface area (Å²) in [6.07, 6.45) is 1.00. The molecule has 0 unspecified atom stereocenters. The second kappa shape index (κ2) is 4.38. The normalized spacial score (nSPS) is 11.2. The number of para-hydroxylation sites is 2. The number of aromatic nitrogens is 2. The number of aliphatic hydroxyl groups excluding tert-OH is 1. The van der Waals surface area contributed by atoms with Gasteiger partial charge in [-0.25, -0.2) is 4.98 Å². The Bertz CT molecular complexity index is 697. The van der Waals surface area contributed by atoms with Crippen molar-refractivity contribution in [1.82, 2.24) is 9.97 Å². The quantitative estimate of drug-likeness (QED) is 0.355. The molecule has 84 valence electrons. The van der Waals surface area contributed by atoms with E-state index >= 15 is 0 Å². The first-order valence-electron chi connectivity index (χ1n) is 4.65. The van der Waals surface area contributed by atoms with E-state index in [2.05, 4.69) is 20.0 Å². The van der Waals surface area contributed by atoms with Gasteiger partial charge in [-0.1, -0.05) is 12.1 Å². The van der Waals surface area contributed by atoms with Gasteiger partial charge in [0.2, 0.25) is 0 Å². The first kappa shape index (κ1) is 10.7. The van der Waals surface area contributed by atoms with Crippen LogP contribution in [0, 0.1) is 0 Å². The minimum absolute atomic E-state index is 0.0198. The minimum Gasteiger partial charge on any atom is -0.506 e. The summed E-state index contributed by atoms with van der Waals surface area (Å²) in [6.45, 7) is 0. The first-order valence-corrected chi connectivity index (χ1v) is 4.65. The molecule has 7 nitrogen and oxygen atoms in total. The lowest BCUT2D eigenvalue weighted by molar-refractivity contribution is 0.410. The van der Waals surface area contributed by atoms with Crippen LogP contribution in [0.2, 0.25) is 0 Å². The van der Waals surface area contributed by atoms with Gasteiger partial charge in [0.15, 0.2) is 5.88 Å². The average Bonchev–Trinajstić information content (AvgIpc) is 2.30. The smallest absolute Gasteiger partial charge is 0.274 e. The monoisotopic (exact) mass is 229 g/mol. The molecule has 1 heterocycles. The van der Waals surface area contributed by atoms with Gasteiger partial charge >= 0.3 is 0 Å². The molecule has 0 saturated carbocycles. The number of aromatic amines is 1. The summed E-state index contributed by atoms with van der Waals surface area (Å²) in [5.41, 5.74) is 8.79. The third kappa shape index (κ3) is 2.24. The fourth-order valence-electron chi connectivity index (χ4n) is 1.34. The van der Waals surface area contributed by atoms with E-state index in [1.54, 1.807) is 24.3 Å². The van der Waals surface area contributed by atoms with Crippen molar-refractivity contribution in [2.75, 3.05) is 0 Å². The van der Waals surface area contributed by atoms with E-state index in [1.807, 2.05) is 0 Å². The molecule has 7 heteroatoms. The molecular weight excluding hydrogens is 222 g/mol. The van der Waals surface area contributed by atoms with Crippen molar-refractivity contribution in [2.45, 2.75) is 0 Å². The maximum Gasteiger partial charge on any atom is 0.274 e. The van der Waals surface area contributed by atoms with E-state index < -0.39 is 11.4 Å². The summed E-state index contributed by atoms with van der Waals surface area (Å²) in [5, 5.41) is 12.1. The molecule has 0 amide bonds. The van der Waals surface area contributed by atoms with Gasteiger partial charge in [0.05, 0.1) is 11.0 Å². The zero-order valence-corrected chi connectivity index (χ0v) is 8.53. The lowest BCUT2D eigenvalue weighted by Gasteiger charge is -1.98. The van der Waals surface area contributed by atoms with Crippen LogP contribution in [0.3, 0.4) is 0 Å². The van der Waals surface area contributed by atoms with Crippen LogP contribution in [-0.2, 0) is 0 Å². The van der Waals surface area contributed by atoms with Crippen LogP contribution < -0.4 is 5.56 Å². The number of hydrogen-bond donors (Lipinski definition) is 2. The molecule has 0 aliphatic rings. The van der Waals surface area contributed by atoms with Crippen molar-refractivity contribution in [1.29, 1.82) is 0 Å². The molecule has 0 saturated heterocycles. The topological polar surface area (TPSA) is 115 Å². The highest BCUT2D eigenvalue weighted by Crippen LogP contribution is 2.07. The number of benzene rings is 1. The molecule has 0 bridgehead atoms. The highest BCUT2D eigenvalue weighted by molar-refractivity contribution is 5.74. The van der Waals surface area contributed by atoms with Crippen LogP contribution in [-0.4, -0.2) is 15.1 Å². The largest absolute Gasteiger partial charge is 0.506 e. The molecule has 17 heavy (non-hydrogen) atoms. The van der Waals surface area contributed by atoms with Crippen molar-refractivity contribution < 1.29 is 5.11 Å². The molecule has 0 aliphatic heterocycles. The Morgan fingerprint density at radius 2 is 2.29 bits per heavy atom. The second-order valence-corrected chi connectivity index (χ2v) is 3.16. The van der Waals surface area contributed by atoms with Gasteiger partial charge in [0, 0.05) is 11.0 Å². The van der Waals surface area contributed by atoms with Gasteiger partial charge in [-0.15, -0.1) is 0 Å². The number of azide groups is 1. The summed E-state index contributed by atoms with van der Waals surface area (Å²) in [4.78, 5) is 20.6. The van der Waals surface area contributed by atoms with E-state index in [0.29, 0.717) is 11.0 Å². The number of nitrogens with one attached hydrogen (secondary N) is 1.